The van der Waals surface area contributed by atoms with Gasteiger partial charge in [0.05, 0.1) is 5.60 Å². The van der Waals surface area contributed by atoms with Crippen LogP contribution in [0, 0.1) is 5.92 Å². The summed E-state index contributed by atoms with van der Waals surface area (Å²) in [7, 11) is 0. The van der Waals surface area contributed by atoms with Gasteiger partial charge in [0.15, 0.2) is 0 Å². The van der Waals surface area contributed by atoms with Crippen LogP contribution in [0.5, 0.6) is 0 Å². The highest BCUT2D eigenvalue weighted by atomic mass is 16.3. The number of anilines is 4. The van der Waals surface area contributed by atoms with Gasteiger partial charge in [-0.2, -0.15) is 4.98 Å². The summed E-state index contributed by atoms with van der Waals surface area (Å²) in [6, 6.07) is 10.5. The van der Waals surface area contributed by atoms with E-state index in [9.17, 15) is 5.11 Å². The lowest BCUT2D eigenvalue weighted by Gasteiger charge is -2.38. The Morgan fingerprint density at radius 2 is 1.57 bits per heavy atom. The number of benzene rings is 1. The van der Waals surface area contributed by atoms with Gasteiger partial charge < -0.3 is 20.2 Å². The molecule has 30 heavy (non-hydrogen) atoms. The summed E-state index contributed by atoms with van der Waals surface area (Å²) in [5.74, 6) is 2.04. The first-order chi connectivity index (χ1) is 14.5. The molecule has 0 atom stereocenters. The summed E-state index contributed by atoms with van der Waals surface area (Å²) in [5, 5.41) is 13.7. The van der Waals surface area contributed by atoms with Crippen molar-refractivity contribution in [3.63, 3.8) is 0 Å². The quantitative estimate of drug-likeness (QED) is 0.753. The van der Waals surface area contributed by atoms with Crippen LogP contribution >= 0.6 is 0 Å². The molecule has 1 aromatic heterocycles. The van der Waals surface area contributed by atoms with Crippen LogP contribution in [-0.4, -0.2) is 46.9 Å². The van der Waals surface area contributed by atoms with Crippen LogP contribution in [0.4, 0.5) is 23.1 Å². The normalized spacial score (nSPS) is 18.9. The number of piperidine rings is 1. The van der Waals surface area contributed by atoms with Crippen LogP contribution in [0.15, 0.2) is 36.5 Å². The van der Waals surface area contributed by atoms with E-state index in [1.165, 1.54) is 31.4 Å². The van der Waals surface area contributed by atoms with Crippen LogP contribution in [0.3, 0.4) is 0 Å². The maximum atomic E-state index is 10.3. The fraction of sp³-hybridized carbons (Fsp3) is 0.583. The third-order valence-electron chi connectivity index (χ3n) is 6.53. The Balaban J connectivity index is 1.37. The first-order valence-corrected chi connectivity index (χ1v) is 11.4. The van der Waals surface area contributed by atoms with Crippen molar-refractivity contribution in [1.29, 1.82) is 0 Å². The van der Waals surface area contributed by atoms with E-state index < -0.39 is 5.60 Å². The Hall–Kier alpha value is -2.34. The maximum Gasteiger partial charge on any atom is 0.227 e. The number of rotatable bonds is 5. The fourth-order valence-corrected chi connectivity index (χ4v) is 4.59. The van der Waals surface area contributed by atoms with Crippen LogP contribution in [0.25, 0.3) is 0 Å². The minimum absolute atomic E-state index is 0.380. The Bertz CT molecular complexity index is 801. The Morgan fingerprint density at radius 3 is 2.20 bits per heavy atom. The molecule has 1 aromatic carbocycles. The highest BCUT2D eigenvalue weighted by molar-refractivity contribution is 5.61. The van der Waals surface area contributed by atoms with E-state index in [0.717, 1.165) is 56.5 Å². The lowest BCUT2D eigenvalue weighted by molar-refractivity contribution is 0.00652. The zero-order valence-corrected chi connectivity index (χ0v) is 18.3. The molecule has 3 heterocycles. The second-order valence-corrected chi connectivity index (χ2v) is 9.23. The van der Waals surface area contributed by atoms with Crippen LogP contribution < -0.4 is 15.1 Å². The summed E-state index contributed by atoms with van der Waals surface area (Å²) in [6.45, 7) is 7.93. The maximum absolute atomic E-state index is 10.3. The number of aromatic nitrogens is 2. The summed E-state index contributed by atoms with van der Waals surface area (Å²) in [4.78, 5) is 14.0. The molecule has 0 spiro atoms. The standard InChI is InChI=1S/C24H35N5O/c1-24(2,30)19-12-17-28(18-13-19)21-9-7-20(8-10-21)26-22-11-14-25-23(27-22)29-15-5-3-4-6-16-29/h7-11,14,19,30H,3-6,12-13,15-18H2,1-2H3,(H,25,26,27). The van der Waals surface area contributed by atoms with E-state index >= 15 is 0 Å². The predicted octanol–water partition coefficient (Wildman–Crippen LogP) is 4.59. The number of nitrogens with zero attached hydrogens (tertiary/aromatic N) is 4. The molecule has 2 fully saturated rings. The SMILES string of the molecule is CC(C)(O)C1CCN(c2ccc(Nc3ccnc(N4CCCCCC4)n3)cc2)CC1. The van der Waals surface area contributed by atoms with Gasteiger partial charge in [0, 0.05) is 43.8 Å². The smallest absolute Gasteiger partial charge is 0.227 e. The van der Waals surface area contributed by atoms with E-state index in [2.05, 4.69) is 44.4 Å². The number of hydrogen-bond donors (Lipinski definition) is 2. The molecule has 0 unspecified atom stereocenters. The van der Waals surface area contributed by atoms with Gasteiger partial charge in [-0.05, 0) is 75.8 Å². The molecule has 4 rings (SSSR count). The van der Waals surface area contributed by atoms with Crippen molar-refractivity contribution in [2.75, 3.05) is 41.3 Å². The fourth-order valence-electron chi connectivity index (χ4n) is 4.59. The lowest BCUT2D eigenvalue weighted by Crippen LogP contribution is -2.41. The monoisotopic (exact) mass is 409 g/mol. The van der Waals surface area contributed by atoms with Crippen molar-refractivity contribution < 1.29 is 5.11 Å². The summed E-state index contributed by atoms with van der Waals surface area (Å²) in [6.07, 6.45) is 8.95. The van der Waals surface area contributed by atoms with E-state index in [-0.39, 0.29) is 0 Å². The second kappa shape index (κ2) is 9.21. The minimum atomic E-state index is -0.580. The minimum Gasteiger partial charge on any atom is -0.390 e. The summed E-state index contributed by atoms with van der Waals surface area (Å²) < 4.78 is 0. The average molecular weight is 410 g/mol. The number of aliphatic hydroxyl groups is 1. The molecule has 0 aliphatic carbocycles. The highest BCUT2D eigenvalue weighted by Crippen LogP contribution is 2.31. The molecule has 2 aliphatic heterocycles. The van der Waals surface area contributed by atoms with Crippen molar-refractivity contribution in [2.45, 2.75) is 58.0 Å². The molecule has 2 aromatic rings. The Labute approximate surface area is 180 Å². The van der Waals surface area contributed by atoms with Crippen molar-refractivity contribution in [3.05, 3.63) is 36.5 Å². The first kappa shape index (κ1) is 20.9. The largest absolute Gasteiger partial charge is 0.390 e. The van der Waals surface area contributed by atoms with Gasteiger partial charge in [0.25, 0.3) is 0 Å². The molecule has 6 nitrogen and oxygen atoms in total. The molecule has 6 heteroatoms. The van der Waals surface area contributed by atoms with Gasteiger partial charge in [-0.25, -0.2) is 4.98 Å². The molecule has 2 N–H and O–H groups in total. The topological polar surface area (TPSA) is 64.5 Å². The van der Waals surface area contributed by atoms with E-state index in [1.54, 1.807) is 0 Å². The van der Waals surface area contributed by atoms with E-state index in [1.807, 2.05) is 26.1 Å². The van der Waals surface area contributed by atoms with Gasteiger partial charge in [-0.15, -0.1) is 0 Å². The predicted molar refractivity (Wildman–Crippen MR) is 124 cm³/mol. The molecule has 162 valence electrons. The zero-order valence-electron chi connectivity index (χ0n) is 18.3. The Kier molecular flexibility index (Phi) is 6.42. The molecule has 0 amide bonds. The van der Waals surface area contributed by atoms with Crippen LogP contribution in [-0.2, 0) is 0 Å². The molecule has 2 saturated heterocycles. The van der Waals surface area contributed by atoms with Crippen LogP contribution in [0.2, 0.25) is 0 Å². The lowest BCUT2D eigenvalue weighted by atomic mass is 9.83. The number of hydrogen-bond acceptors (Lipinski definition) is 6. The average Bonchev–Trinajstić information content (AvgIpc) is 3.04. The molecular formula is C24H35N5O. The van der Waals surface area contributed by atoms with Gasteiger partial charge >= 0.3 is 0 Å². The second-order valence-electron chi connectivity index (χ2n) is 9.23. The third kappa shape index (κ3) is 5.22. The molecule has 2 aliphatic rings. The zero-order chi connectivity index (χ0) is 21.0. The summed E-state index contributed by atoms with van der Waals surface area (Å²) >= 11 is 0. The summed E-state index contributed by atoms with van der Waals surface area (Å²) in [5.41, 5.74) is 1.69. The van der Waals surface area contributed by atoms with Crippen molar-refractivity contribution >= 4 is 23.1 Å². The molecule has 0 bridgehead atoms. The third-order valence-corrected chi connectivity index (χ3v) is 6.53. The van der Waals surface area contributed by atoms with E-state index in [0.29, 0.717) is 5.92 Å². The highest BCUT2D eigenvalue weighted by Gasteiger charge is 2.30. The molecular weight excluding hydrogens is 374 g/mol. The van der Waals surface area contributed by atoms with Crippen LogP contribution in [0.1, 0.15) is 52.4 Å². The van der Waals surface area contributed by atoms with Gasteiger partial charge in [-0.1, -0.05) is 12.8 Å². The van der Waals surface area contributed by atoms with Crippen molar-refractivity contribution in [2.24, 2.45) is 5.92 Å². The number of nitrogens with one attached hydrogen (secondary N) is 1. The van der Waals surface area contributed by atoms with Crippen molar-refractivity contribution in [1.82, 2.24) is 9.97 Å². The van der Waals surface area contributed by atoms with E-state index in [4.69, 9.17) is 4.98 Å². The first-order valence-electron chi connectivity index (χ1n) is 11.4. The van der Waals surface area contributed by atoms with Crippen molar-refractivity contribution in [3.8, 4) is 0 Å². The molecule has 0 radical (unpaired) electrons. The van der Waals surface area contributed by atoms with Gasteiger partial charge in [-0.3, -0.25) is 0 Å². The van der Waals surface area contributed by atoms with Gasteiger partial charge in [0.1, 0.15) is 5.82 Å². The molecule has 0 saturated carbocycles. The Morgan fingerprint density at radius 1 is 0.900 bits per heavy atom. The van der Waals surface area contributed by atoms with Gasteiger partial charge in [0.2, 0.25) is 5.95 Å².